The Kier molecular flexibility index (Phi) is 4.10. The van der Waals surface area contributed by atoms with E-state index in [1.54, 1.807) is 18.5 Å². The van der Waals surface area contributed by atoms with Crippen LogP contribution in [0.25, 0.3) is 0 Å². The van der Waals surface area contributed by atoms with Gasteiger partial charge in [-0.25, -0.2) is 0 Å². The number of rotatable bonds is 5. The fourth-order valence-electron chi connectivity index (χ4n) is 1.89. The van der Waals surface area contributed by atoms with Gasteiger partial charge in [-0.1, -0.05) is 29.3 Å². The molecule has 1 saturated carbocycles. The summed E-state index contributed by atoms with van der Waals surface area (Å²) in [7, 11) is 0. The maximum atomic E-state index is 6.05. The number of hydrogen-bond donors (Lipinski definition) is 1. The van der Waals surface area contributed by atoms with Crippen molar-refractivity contribution in [2.75, 3.05) is 0 Å². The van der Waals surface area contributed by atoms with E-state index in [-0.39, 0.29) is 0 Å². The summed E-state index contributed by atoms with van der Waals surface area (Å²) in [6.45, 7) is 0.769. The molecule has 0 saturated heterocycles. The van der Waals surface area contributed by atoms with E-state index in [1.807, 2.05) is 18.2 Å². The highest BCUT2D eigenvalue weighted by Gasteiger charge is 2.20. The van der Waals surface area contributed by atoms with E-state index in [9.17, 15) is 0 Å². The second kappa shape index (κ2) is 6.00. The number of pyridine rings is 1. The minimum absolute atomic E-state index is 0.544. The Hall–Kier alpha value is -1.29. The highest BCUT2D eigenvalue weighted by molar-refractivity contribution is 6.31. The summed E-state index contributed by atoms with van der Waals surface area (Å²) < 4.78 is 5.85. The van der Waals surface area contributed by atoms with Crippen molar-refractivity contribution < 1.29 is 4.74 Å². The average Bonchev–Trinajstić information content (AvgIpc) is 3.22. The monoisotopic (exact) mass is 308 g/mol. The van der Waals surface area contributed by atoms with Crippen molar-refractivity contribution in [3.8, 4) is 11.5 Å². The maximum Gasteiger partial charge on any atom is 0.147 e. The lowest BCUT2D eigenvalue weighted by molar-refractivity contribution is 0.470. The van der Waals surface area contributed by atoms with Crippen LogP contribution in [0, 0.1) is 0 Å². The topological polar surface area (TPSA) is 34.1 Å². The molecule has 20 heavy (non-hydrogen) atoms. The molecule has 1 heterocycles. The predicted molar refractivity (Wildman–Crippen MR) is 80.6 cm³/mol. The van der Waals surface area contributed by atoms with Crippen LogP contribution in [-0.2, 0) is 6.54 Å². The van der Waals surface area contributed by atoms with Crippen LogP contribution >= 0.6 is 23.2 Å². The van der Waals surface area contributed by atoms with Crippen LogP contribution < -0.4 is 10.1 Å². The quantitative estimate of drug-likeness (QED) is 0.887. The molecule has 1 N–H and O–H groups in total. The largest absolute Gasteiger partial charge is 0.455 e. The SMILES string of the molecule is Clc1cncc(Oc2cc(Cl)ccc2CNC2CC2)c1. The number of nitrogens with zero attached hydrogens (tertiary/aromatic N) is 1. The molecule has 2 aromatic rings. The van der Waals surface area contributed by atoms with Crippen molar-refractivity contribution in [1.82, 2.24) is 10.3 Å². The average molecular weight is 309 g/mol. The van der Waals surface area contributed by atoms with Crippen molar-refractivity contribution in [2.24, 2.45) is 0 Å². The van der Waals surface area contributed by atoms with E-state index < -0.39 is 0 Å². The molecule has 0 atom stereocenters. The zero-order valence-corrected chi connectivity index (χ0v) is 12.3. The summed E-state index contributed by atoms with van der Waals surface area (Å²) >= 11 is 12.0. The molecule has 0 radical (unpaired) electrons. The predicted octanol–water partition coefficient (Wildman–Crippen LogP) is 4.43. The Morgan fingerprint density at radius 3 is 2.75 bits per heavy atom. The second-order valence-electron chi connectivity index (χ2n) is 4.85. The van der Waals surface area contributed by atoms with Gasteiger partial charge < -0.3 is 10.1 Å². The first-order chi connectivity index (χ1) is 9.70. The lowest BCUT2D eigenvalue weighted by Crippen LogP contribution is -2.15. The summed E-state index contributed by atoms with van der Waals surface area (Å²) in [6, 6.07) is 8.03. The molecule has 3 nitrogen and oxygen atoms in total. The zero-order chi connectivity index (χ0) is 13.9. The van der Waals surface area contributed by atoms with Gasteiger partial charge in [0.1, 0.15) is 11.5 Å². The van der Waals surface area contributed by atoms with Gasteiger partial charge in [-0.2, -0.15) is 0 Å². The van der Waals surface area contributed by atoms with Gasteiger partial charge in [-0.15, -0.1) is 0 Å². The third-order valence-electron chi connectivity index (χ3n) is 3.10. The molecule has 1 aromatic heterocycles. The number of hydrogen-bond acceptors (Lipinski definition) is 3. The minimum Gasteiger partial charge on any atom is -0.455 e. The lowest BCUT2D eigenvalue weighted by Gasteiger charge is -2.12. The van der Waals surface area contributed by atoms with Gasteiger partial charge in [-0.05, 0) is 25.0 Å². The molecule has 1 fully saturated rings. The van der Waals surface area contributed by atoms with E-state index in [0.717, 1.165) is 17.9 Å². The molecular weight excluding hydrogens is 295 g/mol. The molecule has 1 aromatic carbocycles. The molecule has 0 spiro atoms. The summed E-state index contributed by atoms with van der Waals surface area (Å²) in [5.74, 6) is 1.34. The van der Waals surface area contributed by atoms with E-state index in [4.69, 9.17) is 27.9 Å². The fraction of sp³-hybridized carbons (Fsp3) is 0.267. The highest BCUT2D eigenvalue weighted by Crippen LogP contribution is 2.30. The van der Waals surface area contributed by atoms with Crippen LogP contribution in [0.5, 0.6) is 11.5 Å². The normalized spacial score (nSPS) is 14.3. The summed E-state index contributed by atoms with van der Waals surface area (Å²) in [6.07, 6.45) is 5.71. The number of benzene rings is 1. The van der Waals surface area contributed by atoms with Crippen molar-refractivity contribution in [3.63, 3.8) is 0 Å². The fourth-order valence-corrected chi connectivity index (χ4v) is 2.21. The molecule has 0 bridgehead atoms. The molecule has 0 amide bonds. The van der Waals surface area contributed by atoms with Gasteiger partial charge in [0.15, 0.2) is 0 Å². The van der Waals surface area contributed by atoms with Gasteiger partial charge >= 0.3 is 0 Å². The van der Waals surface area contributed by atoms with E-state index in [0.29, 0.717) is 21.8 Å². The first-order valence-corrected chi connectivity index (χ1v) is 7.26. The Labute approximate surface area is 127 Å². The summed E-state index contributed by atoms with van der Waals surface area (Å²) in [5, 5.41) is 4.65. The summed E-state index contributed by atoms with van der Waals surface area (Å²) in [5.41, 5.74) is 1.07. The van der Waals surface area contributed by atoms with Crippen LogP contribution in [0.2, 0.25) is 10.0 Å². The number of ether oxygens (including phenoxy) is 1. The Morgan fingerprint density at radius 1 is 1.15 bits per heavy atom. The van der Waals surface area contributed by atoms with E-state index in [2.05, 4.69) is 10.3 Å². The van der Waals surface area contributed by atoms with Crippen LogP contribution in [0.1, 0.15) is 18.4 Å². The third-order valence-corrected chi connectivity index (χ3v) is 3.54. The van der Waals surface area contributed by atoms with Gasteiger partial charge in [0.2, 0.25) is 0 Å². The van der Waals surface area contributed by atoms with Crippen molar-refractivity contribution >= 4 is 23.2 Å². The minimum atomic E-state index is 0.544. The molecule has 5 heteroatoms. The van der Waals surface area contributed by atoms with Gasteiger partial charge in [0.05, 0.1) is 11.2 Å². The van der Waals surface area contributed by atoms with Crippen molar-refractivity contribution in [3.05, 3.63) is 52.3 Å². The Balaban J connectivity index is 1.80. The molecular formula is C15H14Cl2N2O. The van der Waals surface area contributed by atoms with Crippen LogP contribution in [0.4, 0.5) is 0 Å². The Morgan fingerprint density at radius 2 is 2.00 bits per heavy atom. The highest BCUT2D eigenvalue weighted by atomic mass is 35.5. The summed E-state index contributed by atoms with van der Waals surface area (Å²) in [4.78, 5) is 4.01. The first-order valence-electron chi connectivity index (χ1n) is 6.51. The van der Waals surface area contributed by atoms with Crippen LogP contribution in [-0.4, -0.2) is 11.0 Å². The molecule has 0 unspecified atom stereocenters. The first kappa shape index (κ1) is 13.7. The maximum absolute atomic E-state index is 6.05. The van der Waals surface area contributed by atoms with Gasteiger partial charge in [0, 0.05) is 35.4 Å². The van der Waals surface area contributed by atoms with Crippen molar-refractivity contribution in [1.29, 1.82) is 0 Å². The molecule has 3 rings (SSSR count). The lowest BCUT2D eigenvalue weighted by atomic mass is 10.2. The molecule has 1 aliphatic rings. The standard InChI is InChI=1S/C15H14Cl2N2O/c16-11-2-1-10(7-19-13-3-4-13)15(6-11)20-14-5-12(17)8-18-9-14/h1-2,5-6,8-9,13,19H,3-4,7H2. The Bertz CT molecular complexity index is 615. The van der Waals surface area contributed by atoms with Gasteiger partial charge in [-0.3, -0.25) is 4.98 Å². The molecule has 104 valence electrons. The number of nitrogens with one attached hydrogen (secondary N) is 1. The number of halogens is 2. The smallest absolute Gasteiger partial charge is 0.147 e. The van der Waals surface area contributed by atoms with E-state index in [1.165, 1.54) is 12.8 Å². The van der Waals surface area contributed by atoms with Crippen LogP contribution in [0.3, 0.4) is 0 Å². The molecule has 1 aliphatic carbocycles. The zero-order valence-electron chi connectivity index (χ0n) is 10.8. The number of aromatic nitrogens is 1. The second-order valence-corrected chi connectivity index (χ2v) is 5.72. The van der Waals surface area contributed by atoms with Crippen molar-refractivity contribution in [2.45, 2.75) is 25.4 Å². The van der Waals surface area contributed by atoms with Crippen LogP contribution in [0.15, 0.2) is 36.7 Å². The van der Waals surface area contributed by atoms with Gasteiger partial charge in [0.25, 0.3) is 0 Å². The molecule has 0 aliphatic heterocycles. The van der Waals surface area contributed by atoms with E-state index >= 15 is 0 Å². The third kappa shape index (κ3) is 3.63.